The molecule has 2 aliphatic carbocycles. The van der Waals surface area contributed by atoms with Crippen molar-refractivity contribution in [3.05, 3.63) is 72.3 Å². The summed E-state index contributed by atoms with van der Waals surface area (Å²) in [5.74, 6) is 0.0298. The fourth-order valence-corrected chi connectivity index (χ4v) is 6.32. The Morgan fingerprint density at radius 1 is 0.769 bits per heavy atom. The zero-order valence-corrected chi connectivity index (χ0v) is 23.1. The van der Waals surface area contributed by atoms with E-state index in [1.165, 1.54) is 22.3 Å². The number of ether oxygens (including phenoxy) is 2. The predicted molar refractivity (Wildman–Crippen MR) is 153 cm³/mol. The van der Waals surface area contributed by atoms with Gasteiger partial charge < -0.3 is 9.47 Å². The summed E-state index contributed by atoms with van der Waals surface area (Å²) in [6.45, 7) is 4.16. The van der Waals surface area contributed by atoms with E-state index in [0.29, 0.717) is 38.1 Å². The number of Topliss-reactive ketones (excluding diaryl/α,β-unsaturated/α-hetero) is 1. The first-order chi connectivity index (χ1) is 19.0. The van der Waals surface area contributed by atoms with Crippen molar-refractivity contribution in [2.45, 2.75) is 89.4 Å². The van der Waals surface area contributed by atoms with Crippen molar-refractivity contribution in [2.24, 2.45) is 5.41 Å². The van der Waals surface area contributed by atoms with Gasteiger partial charge in [-0.25, -0.2) is 0 Å². The molecule has 1 saturated carbocycles. The molecule has 0 N–H and O–H groups in total. The number of carbonyl (C=O) groups is 3. The first-order valence-electron chi connectivity index (χ1n) is 14.7. The smallest absolute Gasteiger partial charge is 0.306 e. The van der Waals surface area contributed by atoms with Gasteiger partial charge in [0.05, 0.1) is 0 Å². The molecule has 4 rings (SSSR count). The molecule has 0 bridgehead atoms. The van der Waals surface area contributed by atoms with Gasteiger partial charge in [-0.15, -0.1) is 0 Å². The highest BCUT2D eigenvalue weighted by Crippen LogP contribution is 2.45. The van der Waals surface area contributed by atoms with Crippen LogP contribution < -0.4 is 0 Å². The third kappa shape index (κ3) is 7.46. The number of unbranched alkanes of at least 4 members (excludes halogenated alkanes) is 4. The van der Waals surface area contributed by atoms with Crippen molar-refractivity contribution < 1.29 is 23.9 Å². The van der Waals surface area contributed by atoms with Crippen LogP contribution in [0.15, 0.2) is 61.2 Å². The number of ketones is 1. The Morgan fingerprint density at radius 2 is 1.33 bits per heavy atom. The minimum absolute atomic E-state index is 0.0971. The Balaban J connectivity index is 1.11. The number of esters is 2. The second-order valence-electron chi connectivity index (χ2n) is 11.1. The van der Waals surface area contributed by atoms with Gasteiger partial charge in [0.2, 0.25) is 0 Å². The fourth-order valence-electron chi connectivity index (χ4n) is 6.32. The van der Waals surface area contributed by atoms with Gasteiger partial charge in [-0.05, 0) is 54.4 Å². The highest BCUT2D eigenvalue weighted by atomic mass is 16.5. The molecule has 0 saturated heterocycles. The molecule has 0 radical (unpaired) electrons. The molecular formula is C34H42O5. The highest BCUT2D eigenvalue weighted by molar-refractivity contribution is 5.85. The first kappa shape index (κ1) is 28.8. The van der Waals surface area contributed by atoms with E-state index >= 15 is 0 Å². The molecule has 0 amide bonds. The van der Waals surface area contributed by atoms with E-state index in [4.69, 9.17) is 9.47 Å². The van der Waals surface area contributed by atoms with Gasteiger partial charge in [-0.2, -0.15) is 0 Å². The monoisotopic (exact) mass is 530 g/mol. The topological polar surface area (TPSA) is 69.7 Å². The lowest BCUT2D eigenvalue weighted by molar-refractivity contribution is -0.144. The average Bonchev–Trinajstić information content (AvgIpc) is 3.57. The van der Waals surface area contributed by atoms with Gasteiger partial charge in [-0.3, -0.25) is 14.4 Å². The maximum Gasteiger partial charge on any atom is 0.306 e. The van der Waals surface area contributed by atoms with Crippen molar-refractivity contribution in [2.75, 3.05) is 13.2 Å². The van der Waals surface area contributed by atoms with Crippen LogP contribution in [0.5, 0.6) is 0 Å². The summed E-state index contributed by atoms with van der Waals surface area (Å²) in [6, 6.07) is 16.7. The lowest BCUT2D eigenvalue weighted by Crippen LogP contribution is -2.29. The highest BCUT2D eigenvalue weighted by Gasteiger charge is 2.40. The van der Waals surface area contributed by atoms with Crippen LogP contribution in [0.1, 0.15) is 101 Å². The van der Waals surface area contributed by atoms with Gasteiger partial charge in [0.15, 0.2) is 0 Å². The molecule has 2 aromatic carbocycles. The Labute approximate surface area is 233 Å². The molecule has 0 aromatic heterocycles. The quantitative estimate of drug-likeness (QED) is 0.126. The van der Waals surface area contributed by atoms with Gasteiger partial charge in [0.1, 0.15) is 19.0 Å². The summed E-state index contributed by atoms with van der Waals surface area (Å²) in [4.78, 5) is 37.4. The average molecular weight is 531 g/mol. The number of rotatable bonds is 16. The van der Waals surface area contributed by atoms with E-state index in [9.17, 15) is 14.4 Å². The van der Waals surface area contributed by atoms with E-state index in [1.807, 2.05) is 12.1 Å². The number of fused-ring (bicyclic) bond motifs is 3. The van der Waals surface area contributed by atoms with E-state index in [1.54, 1.807) is 6.08 Å². The van der Waals surface area contributed by atoms with Gasteiger partial charge in [0.25, 0.3) is 0 Å². The lowest BCUT2D eigenvalue weighted by Gasteiger charge is -2.27. The maximum atomic E-state index is 13.1. The molecule has 0 spiro atoms. The van der Waals surface area contributed by atoms with E-state index in [-0.39, 0.29) is 29.9 Å². The third-order valence-electron chi connectivity index (χ3n) is 8.48. The van der Waals surface area contributed by atoms with Crippen LogP contribution >= 0.6 is 0 Å². The summed E-state index contributed by atoms with van der Waals surface area (Å²) in [7, 11) is 0. The molecule has 0 heterocycles. The molecule has 2 aromatic rings. The van der Waals surface area contributed by atoms with E-state index < -0.39 is 0 Å². The molecule has 0 atom stereocenters. The van der Waals surface area contributed by atoms with Crippen LogP contribution in [-0.2, 0) is 23.9 Å². The normalized spacial score (nSPS) is 15.4. The first-order valence-corrected chi connectivity index (χ1v) is 14.7. The van der Waals surface area contributed by atoms with Crippen molar-refractivity contribution in [3.8, 4) is 11.1 Å². The lowest BCUT2D eigenvalue weighted by atomic mass is 9.76. The summed E-state index contributed by atoms with van der Waals surface area (Å²) < 4.78 is 10.8. The van der Waals surface area contributed by atoms with Crippen LogP contribution in [-0.4, -0.2) is 30.9 Å². The van der Waals surface area contributed by atoms with Crippen LogP contribution in [0.4, 0.5) is 0 Å². The SMILES string of the molecule is C=CCOC(=O)CCC1(C(=O)CCCCCCCC(=O)OCC2c3ccccc3-c3ccccc32)CCCC1. The zero-order valence-electron chi connectivity index (χ0n) is 23.1. The number of benzene rings is 2. The standard InChI is InChI=1S/C34H42O5/c1-2-24-38-33(37)20-23-34(21-12-13-22-34)31(35)18-6-4-3-5-7-19-32(36)39-25-30-28-16-10-8-14-26(28)27-15-9-11-17-29(27)30/h2,8-11,14-17,30H,1,3-7,12-13,18-25H2. The van der Waals surface area contributed by atoms with E-state index in [0.717, 1.165) is 57.8 Å². The van der Waals surface area contributed by atoms with Crippen LogP contribution in [0, 0.1) is 5.41 Å². The van der Waals surface area contributed by atoms with Crippen molar-refractivity contribution >= 4 is 17.7 Å². The van der Waals surface area contributed by atoms with Crippen molar-refractivity contribution in [1.82, 2.24) is 0 Å². The Morgan fingerprint density at radius 3 is 1.97 bits per heavy atom. The van der Waals surface area contributed by atoms with Crippen LogP contribution in [0.2, 0.25) is 0 Å². The van der Waals surface area contributed by atoms with Gasteiger partial charge in [-0.1, -0.05) is 93.3 Å². The van der Waals surface area contributed by atoms with Gasteiger partial charge >= 0.3 is 11.9 Å². The zero-order chi connectivity index (χ0) is 27.5. The minimum Gasteiger partial charge on any atom is -0.465 e. The Hall–Kier alpha value is -3.21. The van der Waals surface area contributed by atoms with Crippen LogP contribution in [0.3, 0.4) is 0 Å². The predicted octanol–water partition coefficient (Wildman–Crippen LogP) is 7.71. The summed E-state index contributed by atoms with van der Waals surface area (Å²) in [5.41, 5.74) is 4.59. The molecule has 208 valence electrons. The summed E-state index contributed by atoms with van der Waals surface area (Å²) in [6.07, 6.45) is 12.0. The summed E-state index contributed by atoms with van der Waals surface area (Å²) >= 11 is 0. The Kier molecular flexibility index (Phi) is 10.5. The van der Waals surface area contributed by atoms with Gasteiger partial charge in [0, 0.05) is 30.6 Å². The summed E-state index contributed by atoms with van der Waals surface area (Å²) in [5, 5.41) is 0. The molecule has 5 nitrogen and oxygen atoms in total. The molecule has 5 heteroatoms. The van der Waals surface area contributed by atoms with Crippen molar-refractivity contribution in [3.63, 3.8) is 0 Å². The second-order valence-corrected chi connectivity index (χ2v) is 11.1. The fraction of sp³-hybridized carbons (Fsp3) is 0.500. The Bertz CT molecular complexity index is 1100. The maximum absolute atomic E-state index is 13.1. The number of hydrogen-bond acceptors (Lipinski definition) is 5. The third-order valence-corrected chi connectivity index (χ3v) is 8.48. The second kappa shape index (κ2) is 14.3. The minimum atomic E-state index is -0.336. The molecular weight excluding hydrogens is 488 g/mol. The number of carbonyl (C=O) groups excluding carboxylic acids is 3. The molecule has 1 fully saturated rings. The molecule has 39 heavy (non-hydrogen) atoms. The largest absolute Gasteiger partial charge is 0.465 e. The van der Waals surface area contributed by atoms with E-state index in [2.05, 4.69) is 43.0 Å². The molecule has 0 aliphatic heterocycles. The number of hydrogen-bond donors (Lipinski definition) is 0. The molecule has 0 unspecified atom stereocenters. The molecule has 2 aliphatic rings. The van der Waals surface area contributed by atoms with Crippen LogP contribution in [0.25, 0.3) is 11.1 Å². The van der Waals surface area contributed by atoms with Crippen molar-refractivity contribution in [1.29, 1.82) is 0 Å².